The van der Waals surface area contributed by atoms with Crippen LogP contribution in [0.25, 0.3) is 0 Å². The van der Waals surface area contributed by atoms with Crippen LogP contribution in [0.4, 0.5) is 0 Å². The molecule has 1 fully saturated rings. The van der Waals surface area contributed by atoms with E-state index in [0.717, 1.165) is 32.0 Å². The number of fused-ring (bicyclic) bond motifs is 2. The Morgan fingerprint density at radius 2 is 2.10 bits per heavy atom. The summed E-state index contributed by atoms with van der Waals surface area (Å²) < 4.78 is 4.67. The molecule has 2 aromatic rings. The fraction of sp³-hybridized carbons (Fsp3) is 0.562. The van der Waals surface area contributed by atoms with Gasteiger partial charge in [-0.25, -0.2) is 4.98 Å². The maximum atomic E-state index is 4.71. The van der Waals surface area contributed by atoms with Gasteiger partial charge in [-0.15, -0.1) is 0 Å². The van der Waals surface area contributed by atoms with Crippen LogP contribution in [0.3, 0.4) is 0 Å². The molecule has 4 nitrogen and oxygen atoms in total. The highest BCUT2D eigenvalue weighted by atomic mass is 15.1. The van der Waals surface area contributed by atoms with Crippen molar-refractivity contribution in [2.45, 2.75) is 31.7 Å². The third kappa shape index (κ3) is 1.82. The number of rotatable bonds is 1. The first-order valence-electron chi connectivity index (χ1n) is 7.70. The lowest BCUT2D eigenvalue weighted by molar-refractivity contribution is 0.332. The highest BCUT2D eigenvalue weighted by molar-refractivity contribution is 5.34. The average molecular weight is 270 g/mol. The third-order valence-electron chi connectivity index (χ3n) is 5.04. The Bertz CT molecular complexity index is 604. The van der Waals surface area contributed by atoms with Crippen molar-refractivity contribution in [3.8, 4) is 0 Å². The second kappa shape index (κ2) is 4.77. The van der Waals surface area contributed by atoms with Crippen LogP contribution in [0.15, 0.2) is 24.7 Å². The number of nitrogens with one attached hydrogen (secondary N) is 1. The van der Waals surface area contributed by atoms with Gasteiger partial charge in [0.2, 0.25) is 0 Å². The zero-order chi connectivity index (χ0) is 13.5. The van der Waals surface area contributed by atoms with Crippen LogP contribution in [-0.4, -0.2) is 27.2 Å². The van der Waals surface area contributed by atoms with E-state index in [9.17, 15) is 0 Å². The zero-order valence-electron chi connectivity index (χ0n) is 12.0. The van der Waals surface area contributed by atoms with E-state index in [0.29, 0.717) is 5.92 Å². The standard InChI is InChI=1S/C16H22N4/c1-19-9-4-13-14(19)5-10-20-11-8-18-16(20)15(13)12-2-6-17-7-3-12/h4,8-9,11-12,15,17H,2-3,5-7,10H2,1H3. The predicted molar refractivity (Wildman–Crippen MR) is 78.8 cm³/mol. The second-order valence-corrected chi connectivity index (χ2v) is 6.12. The van der Waals surface area contributed by atoms with Crippen molar-refractivity contribution in [2.24, 2.45) is 13.0 Å². The molecule has 20 heavy (non-hydrogen) atoms. The highest BCUT2D eigenvalue weighted by Crippen LogP contribution is 2.39. The van der Waals surface area contributed by atoms with Crippen molar-refractivity contribution in [1.29, 1.82) is 0 Å². The zero-order valence-corrected chi connectivity index (χ0v) is 12.0. The molecule has 1 saturated heterocycles. The van der Waals surface area contributed by atoms with Crippen LogP contribution in [0, 0.1) is 5.92 Å². The maximum Gasteiger partial charge on any atom is 0.116 e. The molecule has 0 radical (unpaired) electrons. The van der Waals surface area contributed by atoms with Crippen molar-refractivity contribution >= 4 is 0 Å². The molecule has 4 heteroatoms. The Balaban J connectivity index is 1.83. The van der Waals surface area contributed by atoms with Crippen molar-refractivity contribution in [3.05, 3.63) is 41.7 Å². The first-order valence-corrected chi connectivity index (χ1v) is 7.70. The number of hydrogen-bond acceptors (Lipinski definition) is 2. The van der Waals surface area contributed by atoms with E-state index < -0.39 is 0 Å². The molecular formula is C16H22N4. The van der Waals surface area contributed by atoms with Gasteiger partial charge in [0.05, 0.1) is 0 Å². The summed E-state index contributed by atoms with van der Waals surface area (Å²) in [6.45, 7) is 3.34. The Hall–Kier alpha value is -1.55. The molecule has 0 bridgehead atoms. The largest absolute Gasteiger partial charge is 0.354 e. The summed E-state index contributed by atoms with van der Waals surface area (Å²) in [6, 6.07) is 2.33. The smallest absolute Gasteiger partial charge is 0.116 e. The van der Waals surface area contributed by atoms with Gasteiger partial charge in [0.25, 0.3) is 0 Å². The normalized spacial score (nSPS) is 23.1. The summed E-state index contributed by atoms with van der Waals surface area (Å²) in [5, 5.41) is 3.48. The summed E-state index contributed by atoms with van der Waals surface area (Å²) in [7, 11) is 2.17. The first kappa shape index (κ1) is 12.2. The lowest BCUT2D eigenvalue weighted by Crippen LogP contribution is -2.32. The van der Waals surface area contributed by atoms with Gasteiger partial charge in [-0.3, -0.25) is 0 Å². The quantitative estimate of drug-likeness (QED) is 0.859. The highest BCUT2D eigenvalue weighted by Gasteiger charge is 2.33. The minimum atomic E-state index is 0.478. The van der Waals surface area contributed by atoms with Gasteiger partial charge in [-0.05, 0) is 43.5 Å². The molecule has 1 atom stereocenters. The van der Waals surface area contributed by atoms with Gasteiger partial charge in [0.1, 0.15) is 5.82 Å². The SMILES string of the molecule is Cn1ccc2c1CCn1ccnc1C2C1CCNCC1. The molecule has 106 valence electrons. The van der Waals surface area contributed by atoms with Crippen LogP contribution in [0.1, 0.15) is 35.8 Å². The number of piperidine rings is 1. The predicted octanol–water partition coefficient (Wildman–Crippen LogP) is 1.91. The minimum Gasteiger partial charge on any atom is -0.354 e. The molecule has 1 unspecified atom stereocenters. The molecule has 0 spiro atoms. The van der Waals surface area contributed by atoms with Crippen LogP contribution in [-0.2, 0) is 20.0 Å². The summed E-state index contributed by atoms with van der Waals surface area (Å²) >= 11 is 0. The molecule has 0 aromatic carbocycles. The van der Waals surface area contributed by atoms with E-state index in [1.165, 1.54) is 29.9 Å². The number of aromatic nitrogens is 3. The molecule has 0 aliphatic carbocycles. The van der Waals surface area contributed by atoms with Gasteiger partial charge >= 0.3 is 0 Å². The van der Waals surface area contributed by atoms with E-state index >= 15 is 0 Å². The monoisotopic (exact) mass is 270 g/mol. The van der Waals surface area contributed by atoms with E-state index in [1.807, 2.05) is 6.20 Å². The van der Waals surface area contributed by atoms with Crippen LogP contribution in [0.2, 0.25) is 0 Å². The summed E-state index contributed by atoms with van der Waals surface area (Å²) in [5.41, 5.74) is 3.02. The molecule has 1 N–H and O–H groups in total. The molecule has 0 saturated carbocycles. The van der Waals surface area contributed by atoms with Crippen molar-refractivity contribution in [1.82, 2.24) is 19.4 Å². The Morgan fingerprint density at radius 1 is 1.25 bits per heavy atom. The number of nitrogens with zero attached hydrogens (tertiary/aromatic N) is 3. The summed E-state index contributed by atoms with van der Waals surface area (Å²) in [6.07, 6.45) is 9.96. The first-order chi connectivity index (χ1) is 9.84. The van der Waals surface area contributed by atoms with Crippen LogP contribution in [0.5, 0.6) is 0 Å². The van der Waals surface area contributed by atoms with E-state index in [4.69, 9.17) is 4.98 Å². The molecule has 4 rings (SSSR count). The van der Waals surface area contributed by atoms with E-state index in [1.54, 1.807) is 0 Å². The third-order valence-corrected chi connectivity index (χ3v) is 5.04. The Morgan fingerprint density at radius 3 is 2.95 bits per heavy atom. The molecule has 2 aliphatic heterocycles. The molecule has 4 heterocycles. The number of aryl methyl sites for hydroxylation is 2. The van der Waals surface area contributed by atoms with Gasteiger partial charge in [0, 0.05) is 50.2 Å². The lowest BCUT2D eigenvalue weighted by Gasteiger charge is -2.30. The fourth-order valence-electron chi connectivity index (χ4n) is 3.98. The second-order valence-electron chi connectivity index (χ2n) is 6.12. The van der Waals surface area contributed by atoms with Gasteiger partial charge in [0.15, 0.2) is 0 Å². The van der Waals surface area contributed by atoms with Crippen LogP contribution < -0.4 is 5.32 Å². The summed E-state index contributed by atoms with van der Waals surface area (Å²) in [4.78, 5) is 4.71. The Kier molecular flexibility index (Phi) is 2.91. The average Bonchev–Trinajstić information content (AvgIpc) is 3.04. The van der Waals surface area contributed by atoms with E-state index in [2.05, 4.69) is 40.0 Å². The lowest BCUT2D eigenvalue weighted by atomic mass is 9.80. The number of hydrogen-bond donors (Lipinski definition) is 1. The fourth-order valence-corrected chi connectivity index (χ4v) is 3.98. The molecule has 0 amide bonds. The van der Waals surface area contributed by atoms with Crippen LogP contribution >= 0.6 is 0 Å². The molecular weight excluding hydrogens is 248 g/mol. The van der Waals surface area contributed by atoms with Crippen molar-refractivity contribution < 1.29 is 0 Å². The van der Waals surface area contributed by atoms with E-state index in [-0.39, 0.29) is 0 Å². The van der Waals surface area contributed by atoms with Crippen molar-refractivity contribution in [3.63, 3.8) is 0 Å². The van der Waals surface area contributed by atoms with Gasteiger partial charge in [-0.2, -0.15) is 0 Å². The topological polar surface area (TPSA) is 34.8 Å². The Labute approximate surface area is 119 Å². The van der Waals surface area contributed by atoms with Gasteiger partial charge in [-0.1, -0.05) is 0 Å². The van der Waals surface area contributed by atoms with Gasteiger partial charge < -0.3 is 14.5 Å². The molecule has 2 aromatic heterocycles. The molecule has 2 aliphatic rings. The number of imidazole rings is 1. The van der Waals surface area contributed by atoms with Crippen molar-refractivity contribution in [2.75, 3.05) is 13.1 Å². The summed E-state index contributed by atoms with van der Waals surface area (Å²) in [5.74, 6) is 2.48. The maximum absolute atomic E-state index is 4.71. The minimum absolute atomic E-state index is 0.478.